The monoisotopic (exact) mass is 1260 g/mol. The van der Waals surface area contributed by atoms with E-state index in [1.54, 1.807) is 16.2 Å². The molecule has 4 heterocycles. The molecular weight excluding hydrogens is 1170 g/mol. The van der Waals surface area contributed by atoms with Crippen molar-refractivity contribution in [2.24, 2.45) is 11.7 Å². The predicted octanol–water partition coefficient (Wildman–Crippen LogP) is 12.4. The van der Waals surface area contributed by atoms with Gasteiger partial charge in [-0.25, -0.2) is 0 Å². The molecular formula is C71H90F3N7O6S2. The maximum absolute atomic E-state index is 13.1. The van der Waals surface area contributed by atoms with Gasteiger partial charge in [0.25, 0.3) is 0 Å². The summed E-state index contributed by atoms with van der Waals surface area (Å²) in [4.78, 5) is 72.7. The van der Waals surface area contributed by atoms with Gasteiger partial charge in [-0.1, -0.05) is 115 Å². The number of aliphatic hydroxyl groups is 1. The highest BCUT2D eigenvalue weighted by molar-refractivity contribution is 7.10. The number of primary amides is 1. The summed E-state index contributed by atoms with van der Waals surface area (Å²) in [5.74, 6) is 0.239. The Bertz CT molecular complexity index is 3110. The molecule has 6 aromatic rings. The number of halogens is 3. The van der Waals surface area contributed by atoms with Crippen LogP contribution in [-0.4, -0.2) is 121 Å². The van der Waals surface area contributed by atoms with Crippen LogP contribution in [-0.2, 0) is 53.2 Å². The van der Waals surface area contributed by atoms with Crippen LogP contribution in [0.15, 0.2) is 150 Å². The fourth-order valence-electron chi connectivity index (χ4n) is 13.5. The summed E-state index contributed by atoms with van der Waals surface area (Å²) in [6, 6.07) is 44.2. The van der Waals surface area contributed by atoms with Crippen LogP contribution in [0.5, 0.6) is 0 Å². The zero-order valence-electron chi connectivity index (χ0n) is 52.1. The second-order valence-corrected chi connectivity index (χ2v) is 26.9. The van der Waals surface area contributed by atoms with E-state index in [2.05, 4.69) is 114 Å². The van der Waals surface area contributed by atoms with Crippen LogP contribution in [0.25, 0.3) is 0 Å². The maximum atomic E-state index is 13.1. The Labute approximate surface area is 532 Å². The van der Waals surface area contributed by atoms with Crippen LogP contribution in [0.4, 0.5) is 13.2 Å². The van der Waals surface area contributed by atoms with Gasteiger partial charge >= 0.3 is 6.18 Å². The summed E-state index contributed by atoms with van der Waals surface area (Å²) in [7, 11) is 8.53. The van der Waals surface area contributed by atoms with Crippen molar-refractivity contribution in [1.29, 1.82) is 0 Å². The van der Waals surface area contributed by atoms with Crippen molar-refractivity contribution >= 4 is 52.2 Å². The lowest BCUT2D eigenvalue weighted by atomic mass is 9.77. The number of amides is 5. The van der Waals surface area contributed by atoms with Crippen molar-refractivity contribution in [1.82, 2.24) is 30.2 Å². The Kier molecular flexibility index (Phi) is 24.4. The van der Waals surface area contributed by atoms with E-state index >= 15 is 0 Å². The minimum absolute atomic E-state index is 0.00435. The second-order valence-electron chi connectivity index (χ2n) is 25.0. The van der Waals surface area contributed by atoms with Gasteiger partial charge in [-0.3, -0.25) is 33.8 Å². The second kappa shape index (κ2) is 31.8. The molecule has 2 aliphatic heterocycles. The number of likely N-dealkylation sites (tertiary alicyclic amines) is 2. The van der Waals surface area contributed by atoms with Crippen molar-refractivity contribution in [2.75, 3.05) is 54.4 Å². The number of thiophene rings is 2. The fraction of sp³-hybridized carbons (Fsp3) is 0.479. The molecule has 4 aromatic carbocycles. The van der Waals surface area contributed by atoms with E-state index in [0.717, 1.165) is 107 Å². The van der Waals surface area contributed by atoms with E-state index in [0.29, 0.717) is 25.2 Å². The standard InChI is InChI=1S/C28H36F3N3O3S.C28H39N3O2S.C15H15NO/c1-33(2)26(23-7-4-18-38-23)12-10-22(11-13-26)32-24(35)8-9-25(36)34-16-14-27(37,15-17-34)20-5-3-6-21(19-20)28(29,30)31;1-30(2)28(25-9-6-20-34-25)16-12-24(13-17-28)29-26(32)10-11-27(33)31-18-14-23(15-19-31)21-22-7-4-3-5-8-22;16-15(17)11-14(12-7-3-1-4-8-12)13-9-5-2-6-10-13/h3-7,18-19,22,37H,8-17H2,1-2H3,(H,32,35);3-9,20,23-24H,10-19,21H2,1-2H3,(H,29,32);1-10,14H,11H2,(H2,16,17). The Morgan fingerprint density at radius 2 is 1.01 bits per heavy atom. The van der Waals surface area contributed by atoms with E-state index in [1.807, 2.05) is 76.9 Å². The molecule has 5 N–H and O–H groups in total. The first-order valence-electron chi connectivity index (χ1n) is 31.6. The molecule has 2 aliphatic carbocycles. The number of nitrogens with two attached hydrogens (primary N) is 1. The third kappa shape index (κ3) is 18.7. The molecule has 2 saturated carbocycles. The number of nitrogens with one attached hydrogen (secondary N) is 2. The van der Waals surface area contributed by atoms with Gasteiger partial charge in [0.2, 0.25) is 29.5 Å². The number of piperidine rings is 2. The zero-order chi connectivity index (χ0) is 63.6. The number of benzene rings is 4. The lowest BCUT2D eigenvalue weighted by molar-refractivity contribution is -0.138. The number of alkyl halides is 3. The number of carbonyl (C=O) groups excluding carboxylic acids is 5. The number of hydrogen-bond acceptors (Lipinski definition) is 10. The van der Waals surface area contributed by atoms with E-state index < -0.39 is 17.3 Å². The summed E-state index contributed by atoms with van der Waals surface area (Å²) >= 11 is 3.59. The van der Waals surface area contributed by atoms with Gasteiger partial charge in [-0.2, -0.15) is 13.2 Å². The average molecular weight is 1260 g/mol. The van der Waals surface area contributed by atoms with Crippen molar-refractivity contribution < 1.29 is 42.3 Å². The first-order chi connectivity index (χ1) is 42.7. The molecule has 4 aliphatic rings. The van der Waals surface area contributed by atoms with Gasteiger partial charge in [0.05, 0.1) is 22.2 Å². The SMILES string of the molecule is CN(C)C1(c2cccs2)CCC(NC(=O)CCC(=O)N2CCC(Cc3ccccc3)CC2)CC1.CN(C)C1(c2cccs2)CCC(NC(=O)CCC(=O)N2CCC(O)(c3cccc(C(F)(F)F)c3)CC2)CC1.NC(=O)CC(c1ccccc1)c1ccccc1. The highest BCUT2D eigenvalue weighted by Gasteiger charge is 2.42. The normalized spacial score (nSPS) is 21.2. The first-order valence-corrected chi connectivity index (χ1v) is 33.3. The summed E-state index contributed by atoms with van der Waals surface area (Å²) in [6.45, 7) is 2.09. The van der Waals surface area contributed by atoms with Crippen molar-refractivity contribution in [3.05, 3.63) is 188 Å². The molecule has 0 unspecified atom stereocenters. The Morgan fingerprint density at radius 1 is 0.573 bits per heavy atom. The molecule has 5 amide bonds. The Morgan fingerprint density at radius 3 is 1.42 bits per heavy atom. The van der Waals surface area contributed by atoms with Crippen LogP contribution in [0, 0.1) is 5.92 Å². The van der Waals surface area contributed by atoms with Crippen LogP contribution in [0.1, 0.15) is 153 Å². The van der Waals surface area contributed by atoms with Crippen LogP contribution < -0.4 is 16.4 Å². The lowest BCUT2D eigenvalue weighted by Crippen LogP contribution is -2.48. The molecule has 4 fully saturated rings. The molecule has 2 aromatic heterocycles. The minimum Gasteiger partial charge on any atom is -0.385 e. The van der Waals surface area contributed by atoms with Crippen LogP contribution in [0.3, 0.4) is 0 Å². The van der Waals surface area contributed by atoms with E-state index in [4.69, 9.17) is 5.73 Å². The highest BCUT2D eigenvalue weighted by Crippen LogP contribution is 2.45. The van der Waals surface area contributed by atoms with Gasteiger partial charge in [-0.05, 0) is 175 Å². The van der Waals surface area contributed by atoms with Crippen LogP contribution >= 0.6 is 22.7 Å². The van der Waals surface area contributed by atoms with Crippen molar-refractivity contribution in [3.63, 3.8) is 0 Å². The third-order valence-corrected chi connectivity index (χ3v) is 21.1. The summed E-state index contributed by atoms with van der Waals surface area (Å²) < 4.78 is 39.2. The van der Waals surface area contributed by atoms with Gasteiger partial charge in [0, 0.05) is 86.0 Å². The molecule has 0 bridgehead atoms. The lowest BCUT2D eigenvalue weighted by Gasteiger charge is -2.44. The number of rotatable bonds is 19. The molecule has 0 spiro atoms. The largest absolute Gasteiger partial charge is 0.416 e. The Hall–Kier alpha value is -6.70. The Balaban J connectivity index is 0.000000184. The number of hydrogen-bond donors (Lipinski definition) is 4. The molecule has 0 radical (unpaired) electrons. The molecule has 10 rings (SSSR count). The molecule has 13 nitrogen and oxygen atoms in total. The highest BCUT2D eigenvalue weighted by atomic mass is 32.1. The molecule has 18 heteroatoms. The van der Waals surface area contributed by atoms with Gasteiger partial charge in [0.15, 0.2) is 0 Å². The zero-order valence-corrected chi connectivity index (χ0v) is 53.7. The summed E-state index contributed by atoms with van der Waals surface area (Å²) in [5.41, 5.74) is 7.03. The first kappa shape index (κ1) is 68.2. The summed E-state index contributed by atoms with van der Waals surface area (Å²) in [5, 5.41) is 21.5. The third-order valence-electron chi connectivity index (χ3n) is 19.0. The van der Waals surface area contributed by atoms with Crippen molar-refractivity contribution in [2.45, 2.75) is 156 Å². The fourth-order valence-corrected chi connectivity index (χ4v) is 15.6. The number of nitrogens with zero attached hydrogens (tertiary/aromatic N) is 4. The average Bonchev–Trinajstić information content (AvgIpc) is 3.44. The van der Waals surface area contributed by atoms with E-state index in [1.165, 1.54) is 27.5 Å². The smallest absolute Gasteiger partial charge is 0.385 e. The quantitative estimate of drug-likeness (QED) is 0.0621. The van der Waals surface area contributed by atoms with Crippen molar-refractivity contribution in [3.8, 4) is 0 Å². The molecule has 2 saturated heterocycles. The van der Waals surface area contributed by atoms with Gasteiger partial charge in [0.1, 0.15) is 0 Å². The van der Waals surface area contributed by atoms with Crippen LogP contribution in [0.2, 0.25) is 0 Å². The maximum Gasteiger partial charge on any atom is 0.416 e. The molecule has 478 valence electrons. The number of carbonyl (C=O) groups is 5. The summed E-state index contributed by atoms with van der Waals surface area (Å²) in [6.07, 6.45) is 7.79. The van der Waals surface area contributed by atoms with E-state index in [-0.39, 0.29) is 103 Å². The van der Waals surface area contributed by atoms with E-state index in [9.17, 15) is 42.3 Å². The molecule has 0 atom stereocenters. The molecule has 89 heavy (non-hydrogen) atoms. The van der Waals surface area contributed by atoms with Gasteiger partial charge in [-0.15, -0.1) is 22.7 Å². The minimum atomic E-state index is -4.49. The van der Waals surface area contributed by atoms with Gasteiger partial charge < -0.3 is 31.3 Å². The topological polar surface area (TPSA) is 169 Å². The predicted molar refractivity (Wildman–Crippen MR) is 348 cm³/mol.